The van der Waals surface area contributed by atoms with E-state index < -0.39 is 23.3 Å². The molecule has 218 valence electrons. The number of aryl methyl sites for hydroxylation is 1. The Hall–Kier alpha value is -4.04. The average Bonchev–Trinajstić information content (AvgIpc) is 2.97. The average molecular weight is 567 g/mol. The lowest BCUT2D eigenvalue weighted by Gasteiger charge is -2.47. The number of piperidine rings is 1. The minimum atomic E-state index is -1.50. The van der Waals surface area contributed by atoms with Crippen LogP contribution >= 0.6 is 0 Å². The number of barbiturate groups is 1. The molecule has 4 amide bonds. The third-order valence-electron chi connectivity index (χ3n) is 9.27. The molecule has 3 aliphatic rings. The Labute approximate surface area is 246 Å². The lowest BCUT2D eigenvalue weighted by Crippen LogP contribution is -2.68. The number of pyridine rings is 1. The second-order valence-electron chi connectivity index (χ2n) is 12.5. The van der Waals surface area contributed by atoms with Crippen molar-refractivity contribution in [2.75, 3.05) is 24.5 Å². The van der Waals surface area contributed by atoms with E-state index in [9.17, 15) is 19.2 Å². The largest absolute Gasteiger partial charge is 0.335 e. The molecule has 6 rings (SSSR count). The minimum Gasteiger partial charge on any atom is -0.312 e. The fourth-order valence-corrected chi connectivity index (χ4v) is 7.02. The van der Waals surface area contributed by atoms with Crippen molar-refractivity contribution in [3.05, 3.63) is 99.5 Å². The number of rotatable bonds is 7. The van der Waals surface area contributed by atoms with E-state index in [-0.39, 0.29) is 30.4 Å². The first-order chi connectivity index (χ1) is 20.2. The summed E-state index contributed by atoms with van der Waals surface area (Å²) < 4.78 is 1.88. The summed E-state index contributed by atoms with van der Waals surface area (Å²) in [5.74, 6) is -0.329. The topological polar surface area (TPSA) is 91.7 Å². The zero-order valence-electron chi connectivity index (χ0n) is 24.5. The zero-order valence-corrected chi connectivity index (χ0v) is 24.5. The fourth-order valence-electron chi connectivity index (χ4n) is 7.02. The number of nitrogens with zero attached hydrogens (tertiary/aromatic N) is 3. The highest BCUT2D eigenvalue weighted by Crippen LogP contribution is 2.39. The summed E-state index contributed by atoms with van der Waals surface area (Å²) in [5.41, 5.74) is 3.11. The van der Waals surface area contributed by atoms with Gasteiger partial charge in [0.2, 0.25) is 5.91 Å². The molecule has 3 atom stereocenters. The molecule has 1 N–H and O–H groups in total. The molecule has 0 spiro atoms. The normalized spacial score (nSPS) is 24.1. The van der Waals surface area contributed by atoms with Crippen LogP contribution < -0.4 is 15.8 Å². The third kappa shape index (κ3) is 4.98. The van der Waals surface area contributed by atoms with E-state index in [1.807, 2.05) is 54.0 Å². The van der Waals surface area contributed by atoms with Crippen molar-refractivity contribution in [1.29, 1.82) is 0 Å². The Bertz CT molecular complexity index is 1580. The molecule has 8 nitrogen and oxygen atoms in total. The van der Waals surface area contributed by atoms with Crippen LogP contribution in [0.5, 0.6) is 0 Å². The number of aromatic nitrogens is 1. The van der Waals surface area contributed by atoms with Crippen LogP contribution in [0.2, 0.25) is 0 Å². The molecule has 3 aromatic rings. The van der Waals surface area contributed by atoms with E-state index in [1.165, 1.54) is 5.56 Å². The van der Waals surface area contributed by atoms with Crippen LogP contribution in [-0.4, -0.2) is 46.9 Å². The lowest BCUT2D eigenvalue weighted by atomic mass is 9.75. The Morgan fingerprint density at radius 3 is 2.29 bits per heavy atom. The monoisotopic (exact) mass is 566 g/mol. The van der Waals surface area contributed by atoms with Gasteiger partial charge in [-0.3, -0.25) is 19.7 Å². The molecule has 2 fully saturated rings. The standard InChI is InChI=1S/C34H38N4O4/c1-4-23-10-14-28(15-11-23)38-32(41)34(31(40)35-33(38)42,17-24-8-12-26(13-9-24)22(2)3)21-36-18-25-16-27(20-36)29-6-5-7-30(39)37(29)19-25/h5-15,22,25,27H,4,16-21H2,1-3H3,(H,35,40,42)/t25-,27?,34?/m1/s1. The first-order valence-corrected chi connectivity index (χ1v) is 15.0. The molecule has 0 aliphatic carbocycles. The molecule has 0 saturated carbocycles. The van der Waals surface area contributed by atoms with Gasteiger partial charge in [-0.15, -0.1) is 0 Å². The van der Waals surface area contributed by atoms with Crippen LogP contribution in [0.4, 0.5) is 10.5 Å². The number of imide groups is 2. The van der Waals surface area contributed by atoms with Crippen LogP contribution in [0.1, 0.15) is 61.4 Å². The number of nitrogens with one attached hydrogen (secondary N) is 1. The van der Waals surface area contributed by atoms with Crippen molar-refractivity contribution in [2.45, 2.75) is 58.4 Å². The molecule has 3 aliphatic heterocycles. The number of hydrogen-bond acceptors (Lipinski definition) is 5. The summed E-state index contributed by atoms with van der Waals surface area (Å²) in [7, 11) is 0. The summed E-state index contributed by atoms with van der Waals surface area (Å²) in [4.78, 5) is 57.5. The van der Waals surface area contributed by atoms with E-state index in [1.54, 1.807) is 24.3 Å². The zero-order chi connectivity index (χ0) is 29.6. The number of amides is 4. The molecule has 1 aromatic heterocycles. The highest BCUT2D eigenvalue weighted by molar-refractivity contribution is 6.30. The summed E-state index contributed by atoms with van der Waals surface area (Å²) in [6, 6.07) is 20.1. The summed E-state index contributed by atoms with van der Waals surface area (Å²) >= 11 is 0. The molecule has 8 heteroatoms. The van der Waals surface area contributed by atoms with E-state index in [4.69, 9.17) is 0 Å². The van der Waals surface area contributed by atoms with Gasteiger partial charge in [0.15, 0.2) is 0 Å². The van der Waals surface area contributed by atoms with Crippen molar-refractivity contribution in [3.8, 4) is 0 Å². The minimum absolute atomic E-state index is 0.0158. The molecule has 2 unspecified atom stereocenters. The van der Waals surface area contributed by atoms with Gasteiger partial charge in [0, 0.05) is 43.9 Å². The SMILES string of the molecule is CCc1ccc(N2C(=O)NC(=O)C(Cc3ccc(C(C)C)cc3)(CN3CC4C[C@H](C3)Cn3c4cccc3=O)C2=O)cc1. The highest BCUT2D eigenvalue weighted by atomic mass is 16.2. The lowest BCUT2D eigenvalue weighted by molar-refractivity contribution is -0.144. The molecule has 4 heterocycles. The number of urea groups is 1. The number of anilines is 1. The molecule has 2 bridgehead atoms. The Balaban J connectivity index is 1.37. The van der Waals surface area contributed by atoms with E-state index >= 15 is 0 Å². The first kappa shape index (κ1) is 28.1. The Morgan fingerprint density at radius 1 is 0.881 bits per heavy atom. The van der Waals surface area contributed by atoms with Gasteiger partial charge in [0.25, 0.3) is 11.5 Å². The van der Waals surface area contributed by atoms with Crippen molar-refractivity contribution < 1.29 is 14.4 Å². The Morgan fingerprint density at radius 2 is 1.60 bits per heavy atom. The molecular weight excluding hydrogens is 528 g/mol. The second-order valence-corrected chi connectivity index (χ2v) is 12.5. The Kier molecular flexibility index (Phi) is 7.35. The second kappa shape index (κ2) is 11.0. The number of benzene rings is 2. The molecule has 2 saturated heterocycles. The van der Waals surface area contributed by atoms with E-state index in [2.05, 4.69) is 24.1 Å². The number of hydrogen-bond donors (Lipinski definition) is 1. The number of carbonyl (C=O) groups is 3. The van der Waals surface area contributed by atoms with Gasteiger partial charge in [0.05, 0.1) is 5.69 Å². The van der Waals surface area contributed by atoms with Crippen molar-refractivity contribution in [3.63, 3.8) is 0 Å². The number of fused-ring (bicyclic) bond motifs is 4. The van der Waals surface area contributed by atoms with Gasteiger partial charge in [-0.1, -0.05) is 63.2 Å². The molecule has 2 aromatic carbocycles. The third-order valence-corrected chi connectivity index (χ3v) is 9.27. The van der Waals surface area contributed by atoms with E-state index in [0.717, 1.165) is 34.6 Å². The van der Waals surface area contributed by atoms with Gasteiger partial charge < -0.3 is 9.47 Å². The van der Waals surface area contributed by atoms with Crippen LogP contribution in [0, 0.1) is 11.3 Å². The molecule has 0 radical (unpaired) electrons. The summed E-state index contributed by atoms with van der Waals surface area (Å²) in [6.07, 6.45) is 1.98. The maximum atomic E-state index is 14.5. The fraction of sp³-hybridized carbons (Fsp3) is 0.412. The number of likely N-dealkylation sites (tertiary alicyclic amines) is 1. The van der Waals surface area contributed by atoms with Gasteiger partial charge in [-0.25, -0.2) is 9.69 Å². The highest BCUT2D eigenvalue weighted by Gasteiger charge is 2.55. The van der Waals surface area contributed by atoms with Crippen molar-refractivity contribution in [2.24, 2.45) is 11.3 Å². The predicted octanol–water partition coefficient (Wildman–Crippen LogP) is 4.47. The van der Waals surface area contributed by atoms with Crippen LogP contribution in [-0.2, 0) is 29.0 Å². The van der Waals surface area contributed by atoms with Gasteiger partial charge in [0.1, 0.15) is 5.41 Å². The van der Waals surface area contributed by atoms with E-state index in [0.29, 0.717) is 31.2 Å². The van der Waals surface area contributed by atoms with Crippen LogP contribution in [0.15, 0.2) is 71.5 Å². The van der Waals surface area contributed by atoms with Crippen molar-refractivity contribution >= 4 is 23.5 Å². The van der Waals surface area contributed by atoms with Crippen molar-refractivity contribution in [1.82, 2.24) is 14.8 Å². The van der Waals surface area contributed by atoms with Gasteiger partial charge in [-0.05, 0) is 66.0 Å². The first-order valence-electron chi connectivity index (χ1n) is 15.0. The quantitative estimate of drug-likeness (QED) is 0.427. The molecule has 42 heavy (non-hydrogen) atoms. The van der Waals surface area contributed by atoms with Gasteiger partial charge in [-0.2, -0.15) is 0 Å². The summed E-state index contributed by atoms with van der Waals surface area (Å²) in [5, 5.41) is 2.55. The van der Waals surface area contributed by atoms with Gasteiger partial charge >= 0.3 is 6.03 Å². The predicted molar refractivity (Wildman–Crippen MR) is 162 cm³/mol. The maximum Gasteiger partial charge on any atom is 0.335 e. The molecular formula is C34H38N4O4. The smallest absolute Gasteiger partial charge is 0.312 e. The maximum absolute atomic E-state index is 14.5. The van der Waals surface area contributed by atoms with Crippen LogP contribution in [0.25, 0.3) is 0 Å². The van der Waals surface area contributed by atoms with Crippen LogP contribution in [0.3, 0.4) is 0 Å². The summed E-state index contributed by atoms with van der Waals surface area (Å²) in [6.45, 7) is 8.41. The number of carbonyl (C=O) groups excluding carboxylic acids is 3.